The van der Waals surface area contributed by atoms with Gasteiger partial charge in [0, 0.05) is 13.1 Å². The fourth-order valence-electron chi connectivity index (χ4n) is 3.54. The molecule has 0 radical (unpaired) electrons. The Bertz CT molecular complexity index is 564. The van der Waals surface area contributed by atoms with Gasteiger partial charge in [-0.25, -0.2) is 9.59 Å². The molecular formula is C21H38N2O6. The van der Waals surface area contributed by atoms with Crippen LogP contribution in [0.3, 0.4) is 0 Å². The first kappa shape index (κ1) is 25.0. The van der Waals surface area contributed by atoms with Crippen molar-refractivity contribution >= 4 is 18.2 Å². The molecule has 3 atom stereocenters. The lowest BCUT2D eigenvalue weighted by atomic mass is 9.86. The second-order valence-electron chi connectivity index (χ2n) is 9.67. The van der Waals surface area contributed by atoms with Crippen molar-refractivity contribution in [1.82, 2.24) is 10.6 Å². The quantitative estimate of drug-likeness (QED) is 0.487. The van der Waals surface area contributed by atoms with Gasteiger partial charge in [-0.2, -0.15) is 0 Å². The summed E-state index contributed by atoms with van der Waals surface area (Å²) in [6.45, 7) is 11.5. The van der Waals surface area contributed by atoms with Crippen molar-refractivity contribution in [2.45, 2.75) is 78.4 Å². The molecule has 29 heavy (non-hydrogen) atoms. The molecule has 0 aromatic heterocycles. The van der Waals surface area contributed by atoms with E-state index in [0.29, 0.717) is 13.0 Å². The Balaban J connectivity index is 2.59. The molecule has 1 aliphatic rings. The van der Waals surface area contributed by atoms with Gasteiger partial charge < -0.3 is 24.8 Å². The zero-order chi connectivity index (χ0) is 22.2. The van der Waals surface area contributed by atoms with Crippen molar-refractivity contribution < 1.29 is 28.6 Å². The number of alkyl carbamates (subject to hydrolysis) is 2. The molecule has 1 fully saturated rings. The highest BCUT2D eigenvalue weighted by atomic mass is 16.6. The molecule has 0 spiro atoms. The third-order valence-corrected chi connectivity index (χ3v) is 4.74. The van der Waals surface area contributed by atoms with Gasteiger partial charge in [0.05, 0.1) is 13.0 Å². The van der Waals surface area contributed by atoms with E-state index in [9.17, 15) is 14.4 Å². The predicted octanol–water partition coefficient (Wildman–Crippen LogP) is 3.63. The zero-order valence-electron chi connectivity index (χ0n) is 18.9. The van der Waals surface area contributed by atoms with E-state index < -0.39 is 29.3 Å². The van der Waals surface area contributed by atoms with E-state index in [-0.39, 0.29) is 24.3 Å². The van der Waals surface area contributed by atoms with Crippen LogP contribution in [0.15, 0.2) is 0 Å². The SMILES string of the molecule is COC(=O)C(CNC(=O)OC(C)(C)C)CC1CCCC1CNC(=O)OC(C)(C)C. The van der Waals surface area contributed by atoms with Crippen LogP contribution in [-0.2, 0) is 19.0 Å². The highest BCUT2D eigenvalue weighted by molar-refractivity contribution is 5.74. The van der Waals surface area contributed by atoms with Crippen LogP contribution in [0.2, 0.25) is 0 Å². The zero-order valence-corrected chi connectivity index (χ0v) is 18.9. The molecular weight excluding hydrogens is 376 g/mol. The Morgan fingerprint density at radius 1 is 0.897 bits per heavy atom. The molecule has 2 amide bonds. The summed E-state index contributed by atoms with van der Waals surface area (Å²) in [4.78, 5) is 36.1. The van der Waals surface area contributed by atoms with Crippen LogP contribution < -0.4 is 10.6 Å². The number of esters is 1. The van der Waals surface area contributed by atoms with Crippen molar-refractivity contribution in [3.8, 4) is 0 Å². The number of nitrogens with one attached hydrogen (secondary N) is 2. The van der Waals surface area contributed by atoms with E-state index >= 15 is 0 Å². The van der Waals surface area contributed by atoms with E-state index in [4.69, 9.17) is 14.2 Å². The molecule has 8 nitrogen and oxygen atoms in total. The van der Waals surface area contributed by atoms with Crippen molar-refractivity contribution in [2.24, 2.45) is 17.8 Å². The summed E-state index contributed by atoms with van der Waals surface area (Å²) >= 11 is 0. The van der Waals surface area contributed by atoms with E-state index in [2.05, 4.69) is 10.6 Å². The molecule has 0 bridgehead atoms. The number of carbonyl (C=O) groups excluding carboxylic acids is 3. The lowest BCUT2D eigenvalue weighted by molar-refractivity contribution is -0.146. The standard InChI is InChI=1S/C21H38N2O6/c1-20(2,3)28-18(25)22-12-15-10-8-9-14(15)11-16(17(24)27-7)13-23-19(26)29-21(4,5)6/h14-16H,8-13H2,1-7H3,(H,22,25)(H,23,26). The van der Waals surface area contributed by atoms with Crippen LogP contribution in [-0.4, -0.2) is 49.6 Å². The average molecular weight is 415 g/mol. The molecule has 0 aliphatic heterocycles. The Kier molecular flexibility index (Phi) is 9.23. The summed E-state index contributed by atoms with van der Waals surface area (Å²) in [5.74, 6) is -0.294. The lowest BCUT2D eigenvalue weighted by Crippen LogP contribution is -2.39. The minimum absolute atomic E-state index is 0.157. The molecule has 8 heteroatoms. The largest absolute Gasteiger partial charge is 0.469 e. The van der Waals surface area contributed by atoms with E-state index in [1.165, 1.54) is 7.11 Å². The van der Waals surface area contributed by atoms with Gasteiger partial charge in [0.1, 0.15) is 11.2 Å². The maximum Gasteiger partial charge on any atom is 0.407 e. The van der Waals surface area contributed by atoms with Gasteiger partial charge in [-0.15, -0.1) is 0 Å². The number of hydrogen-bond acceptors (Lipinski definition) is 6. The molecule has 168 valence electrons. The van der Waals surface area contributed by atoms with E-state index in [1.54, 1.807) is 20.8 Å². The van der Waals surface area contributed by atoms with Gasteiger partial charge in [0.15, 0.2) is 0 Å². The van der Waals surface area contributed by atoms with Crippen LogP contribution in [0.25, 0.3) is 0 Å². The van der Waals surface area contributed by atoms with Gasteiger partial charge in [0.25, 0.3) is 0 Å². The monoisotopic (exact) mass is 414 g/mol. The third-order valence-electron chi connectivity index (χ3n) is 4.74. The number of carbonyl (C=O) groups is 3. The smallest absolute Gasteiger partial charge is 0.407 e. The van der Waals surface area contributed by atoms with Crippen LogP contribution in [0, 0.1) is 17.8 Å². The second-order valence-corrected chi connectivity index (χ2v) is 9.67. The summed E-state index contributed by atoms with van der Waals surface area (Å²) < 4.78 is 15.4. The molecule has 1 saturated carbocycles. The summed E-state index contributed by atoms with van der Waals surface area (Å²) in [5, 5.41) is 5.50. The summed E-state index contributed by atoms with van der Waals surface area (Å²) in [6, 6.07) is 0. The Labute approximate surface area is 174 Å². The average Bonchev–Trinajstić information content (AvgIpc) is 3.00. The molecule has 1 rings (SSSR count). The van der Waals surface area contributed by atoms with Crippen molar-refractivity contribution in [3.05, 3.63) is 0 Å². The Morgan fingerprint density at radius 3 is 1.93 bits per heavy atom. The number of methoxy groups -OCH3 is 1. The van der Waals surface area contributed by atoms with Crippen LogP contribution >= 0.6 is 0 Å². The second kappa shape index (κ2) is 10.7. The maximum absolute atomic E-state index is 12.2. The topological polar surface area (TPSA) is 103 Å². The predicted molar refractivity (Wildman–Crippen MR) is 109 cm³/mol. The fraction of sp³-hybridized carbons (Fsp3) is 0.857. The summed E-state index contributed by atoms with van der Waals surface area (Å²) in [5.41, 5.74) is -1.14. The number of amides is 2. The molecule has 0 heterocycles. The normalized spacial score (nSPS) is 20.5. The highest BCUT2D eigenvalue weighted by Gasteiger charge is 2.33. The minimum atomic E-state index is -0.602. The molecule has 1 aliphatic carbocycles. The minimum Gasteiger partial charge on any atom is -0.469 e. The van der Waals surface area contributed by atoms with Crippen LogP contribution in [0.1, 0.15) is 67.2 Å². The number of ether oxygens (including phenoxy) is 3. The molecule has 0 saturated heterocycles. The van der Waals surface area contributed by atoms with E-state index in [1.807, 2.05) is 20.8 Å². The van der Waals surface area contributed by atoms with Crippen molar-refractivity contribution in [2.75, 3.05) is 20.2 Å². The summed E-state index contributed by atoms with van der Waals surface area (Å²) in [6.07, 6.45) is 2.59. The first-order valence-corrected chi connectivity index (χ1v) is 10.3. The van der Waals surface area contributed by atoms with E-state index in [0.717, 1.165) is 19.3 Å². The van der Waals surface area contributed by atoms with Gasteiger partial charge in [0.2, 0.25) is 0 Å². The first-order valence-electron chi connectivity index (χ1n) is 10.3. The first-order chi connectivity index (χ1) is 13.3. The van der Waals surface area contributed by atoms with Gasteiger partial charge in [-0.05, 0) is 66.2 Å². The lowest BCUT2D eigenvalue weighted by Gasteiger charge is -2.26. The maximum atomic E-state index is 12.2. The Hall–Kier alpha value is -1.99. The van der Waals surface area contributed by atoms with Crippen LogP contribution in [0.5, 0.6) is 0 Å². The van der Waals surface area contributed by atoms with Gasteiger partial charge >= 0.3 is 18.2 Å². The molecule has 2 N–H and O–H groups in total. The van der Waals surface area contributed by atoms with Gasteiger partial charge in [-0.1, -0.05) is 12.8 Å². The van der Waals surface area contributed by atoms with Crippen LogP contribution in [0.4, 0.5) is 9.59 Å². The van der Waals surface area contributed by atoms with Crippen molar-refractivity contribution in [3.63, 3.8) is 0 Å². The summed E-state index contributed by atoms with van der Waals surface area (Å²) in [7, 11) is 1.35. The molecule has 0 aromatic carbocycles. The molecule has 0 aromatic rings. The van der Waals surface area contributed by atoms with Gasteiger partial charge in [-0.3, -0.25) is 4.79 Å². The number of hydrogen-bond donors (Lipinski definition) is 2. The fourth-order valence-corrected chi connectivity index (χ4v) is 3.54. The number of rotatable bonds is 7. The highest BCUT2D eigenvalue weighted by Crippen LogP contribution is 2.36. The van der Waals surface area contributed by atoms with Crippen molar-refractivity contribution in [1.29, 1.82) is 0 Å². The third kappa shape index (κ3) is 10.4. The molecule has 3 unspecified atom stereocenters. The Morgan fingerprint density at radius 2 is 1.41 bits per heavy atom.